The van der Waals surface area contributed by atoms with Crippen molar-refractivity contribution in [1.82, 2.24) is 4.98 Å². The van der Waals surface area contributed by atoms with Crippen LogP contribution in [0.2, 0.25) is 0 Å². The van der Waals surface area contributed by atoms with Gasteiger partial charge in [-0.05, 0) is 36.4 Å². The Hall–Kier alpha value is -3.48. The third-order valence-corrected chi connectivity index (χ3v) is 3.70. The van der Waals surface area contributed by atoms with Gasteiger partial charge in [-0.2, -0.15) is 0 Å². The number of benzene rings is 1. The van der Waals surface area contributed by atoms with Gasteiger partial charge in [0.25, 0.3) is 5.91 Å². The van der Waals surface area contributed by atoms with E-state index in [4.69, 9.17) is 13.9 Å². The number of rotatable bonds is 7. The van der Waals surface area contributed by atoms with Gasteiger partial charge in [0.2, 0.25) is 0 Å². The molecule has 0 atom stereocenters. The number of methoxy groups -OCH3 is 2. The van der Waals surface area contributed by atoms with Crippen LogP contribution in [0.25, 0.3) is 0 Å². The van der Waals surface area contributed by atoms with E-state index in [9.17, 15) is 4.79 Å². The predicted octanol–water partition coefficient (Wildman–Crippen LogP) is 3.56. The molecule has 1 aromatic carbocycles. The minimum absolute atomic E-state index is 0.331. The zero-order chi connectivity index (χ0) is 18.4. The highest BCUT2D eigenvalue weighted by atomic mass is 16.5. The molecule has 3 aromatic rings. The van der Waals surface area contributed by atoms with Crippen molar-refractivity contribution in [2.75, 3.05) is 24.9 Å². The molecule has 0 aliphatic rings. The number of hydrogen-bond acceptors (Lipinski definition) is 6. The molecule has 2 heterocycles. The summed E-state index contributed by atoms with van der Waals surface area (Å²) in [7, 11) is 3.01. The molecule has 0 fully saturated rings. The Morgan fingerprint density at radius 1 is 1.08 bits per heavy atom. The standard InChI is InChI=1S/C19H19N3O4/c1-24-15-6-3-7-16(25-2)18(15)19(23)22-13-8-9-17(20-11-13)21-12-14-5-4-10-26-14/h3-11H,12H2,1-2H3,(H,20,21)(H,22,23). The summed E-state index contributed by atoms with van der Waals surface area (Å²) in [6, 6.07) is 12.4. The molecule has 0 radical (unpaired) electrons. The highest BCUT2D eigenvalue weighted by Crippen LogP contribution is 2.29. The molecule has 134 valence electrons. The molecule has 0 unspecified atom stereocenters. The SMILES string of the molecule is COc1cccc(OC)c1C(=O)Nc1ccc(NCc2ccco2)nc1. The Balaban J connectivity index is 1.68. The average molecular weight is 353 g/mol. The molecular weight excluding hydrogens is 334 g/mol. The Kier molecular flexibility index (Phi) is 5.38. The van der Waals surface area contributed by atoms with E-state index < -0.39 is 0 Å². The third kappa shape index (κ3) is 3.94. The van der Waals surface area contributed by atoms with Gasteiger partial charge < -0.3 is 24.5 Å². The van der Waals surface area contributed by atoms with Gasteiger partial charge in [0.05, 0.1) is 38.9 Å². The minimum atomic E-state index is -0.336. The molecule has 0 saturated heterocycles. The summed E-state index contributed by atoms with van der Waals surface area (Å²) in [5.41, 5.74) is 0.893. The van der Waals surface area contributed by atoms with Crippen LogP contribution in [0.3, 0.4) is 0 Å². The fraction of sp³-hybridized carbons (Fsp3) is 0.158. The molecule has 0 aliphatic carbocycles. The van der Waals surface area contributed by atoms with Crippen LogP contribution in [0.4, 0.5) is 11.5 Å². The molecule has 0 aliphatic heterocycles. The van der Waals surface area contributed by atoms with Crippen LogP contribution in [-0.4, -0.2) is 25.1 Å². The smallest absolute Gasteiger partial charge is 0.263 e. The molecule has 3 rings (SSSR count). The van der Waals surface area contributed by atoms with Crippen molar-refractivity contribution >= 4 is 17.4 Å². The first kappa shape index (κ1) is 17.3. The van der Waals surface area contributed by atoms with Crippen molar-refractivity contribution in [3.8, 4) is 11.5 Å². The summed E-state index contributed by atoms with van der Waals surface area (Å²) in [6.45, 7) is 0.532. The number of anilines is 2. The maximum Gasteiger partial charge on any atom is 0.263 e. The quantitative estimate of drug-likeness (QED) is 0.675. The molecule has 2 aromatic heterocycles. The fourth-order valence-electron chi connectivity index (χ4n) is 2.43. The molecule has 26 heavy (non-hydrogen) atoms. The number of nitrogens with one attached hydrogen (secondary N) is 2. The Morgan fingerprint density at radius 3 is 2.42 bits per heavy atom. The second-order valence-corrected chi connectivity index (χ2v) is 5.36. The van der Waals surface area contributed by atoms with Gasteiger partial charge in [-0.3, -0.25) is 4.79 Å². The first-order valence-electron chi connectivity index (χ1n) is 7.96. The van der Waals surface area contributed by atoms with Crippen LogP contribution in [0, 0.1) is 0 Å². The number of nitrogens with zero attached hydrogens (tertiary/aromatic N) is 1. The lowest BCUT2D eigenvalue weighted by Gasteiger charge is -2.13. The lowest BCUT2D eigenvalue weighted by atomic mass is 10.1. The zero-order valence-corrected chi connectivity index (χ0v) is 14.5. The summed E-state index contributed by atoms with van der Waals surface area (Å²) >= 11 is 0. The van der Waals surface area contributed by atoms with Gasteiger partial charge >= 0.3 is 0 Å². The van der Waals surface area contributed by atoms with Gasteiger partial charge in [-0.25, -0.2) is 4.98 Å². The van der Waals surface area contributed by atoms with E-state index in [1.807, 2.05) is 12.1 Å². The molecule has 7 heteroatoms. The topological polar surface area (TPSA) is 85.6 Å². The second-order valence-electron chi connectivity index (χ2n) is 5.36. The summed E-state index contributed by atoms with van der Waals surface area (Å²) < 4.78 is 15.8. The molecule has 0 spiro atoms. The van der Waals surface area contributed by atoms with E-state index in [-0.39, 0.29) is 5.91 Å². The van der Waals surface area contributed by atoms with Crippen molar-refractivity contribution < 1.29 is 18.7 Å². The minimum Gasteiger partial charge on any atom is -0.496 e. The van der Waals surface area contributed by atoms with E-state index in [1.165, 1.54) is 14.2 Å². The van der Waals surface area contributed by atoms with Crippen LogP contribution in [0.15, 0.2) is 59.3 Å². The van der Waals surface area contributed by atoms with Crippen molar-refractivity contribution in [3.05, 3.63) is 66.2 Å². The fourth-order valence-corrected chi connectivity index (χ4v) is 2.43. The lowest BCUT2D eigenvalue weighted by molar-refractivity contribution is 0.102. The van der Waals surface area contributed by atoms with Crippen LogP contribution < -0.4 is 20.1 Å². The van der Waals surface area contributed by atoms with Crippen LogP contribution in [0.5, 0.6) is 11.5 Å². The molecular formula is C19H19N3O4. The molecule has 7 nitrogen and oxygen atoms in total. The summed E-state index contributed by atoms with van der Waals surface area (Å²) in [5.74, 6) is 2.03. The first-order valence-corrected chi connectivity index (χ1v) is 7.96. The Bertz CT molecular complexity index is 839. The number of pyridine rings is 1. The largest absolute Gasteiger partial charge is 0.496 e. The number of carbonyl (C=O) groups excluding carboxylic acids is 1. The van der Waals surface area contributed by atoms with Crippen molar-refractivity contribution in [1.29, 1.82) is 0 Å². The van der Waals surface area contributed by atoms with Crippen molar-refractivity contribution in [2.45, 2.75) is 6.54 Å². The van der Waals surface area contributed by atoms with E-state index in [2.05, 4.69) is 15.6 Å². The van der Waals surface area contributed by atoms with Crippen LogP contribution in [0.1, 0.15) is 16.1 Å². The van der Waals surface area contributed by atoms with Gasteiger partial charge in [-0.15, -0.1) is 0 Å². The number of carbonyl (C=O) groups is 1. The van der Waals surface area contributed by atoms with E-state index in [1.54, 1.807) is 42.8 Å². The zero-order valence-electron chi connectivity index (χ0n) is 14.5. The van der Waals surface area contributed by atoms with Crippen molar-refractivity contribution in [3.63, 3.8) is 0 Å². The van der Waals surface area contributed by atoms with Gasteiger partial charge in [0, 0.05) is 0 Å². The predicted molar refractivity (Wildman–Crippen MR) is 97.8 cm³/mol. The first-order chi connectivity index (χ1) is 12.7. The van der Waals surface area contributed by atoms with Gasteiger partial charge in [0.1, 0.15) is 28.6 Å². The highest BCUT2D eigenvalue weighted by Gasteiger charge is 2.18. The summed E-state index contributed by atoms with van der Waals surface area (Å²) in [5, 5.41) is 5.93. The van der Waals surface area contributed by atoms with Gasteiger partial charge in [-0.1, -0.05) is 6.07 Å². The molecule has 2 N–H and O–H groups in total. The highest BCUT2D eigenvalue weighted by molar-refractivity contribution is 6.08. The number of amides is 1. The van der Waals surface area contributed by atoms with E-state index in [0.717, 1.165) is 5.76 Å². The Labute approximate surface area is 151 Å². The second kappa shape index (κ2) is 8.06. The summed E-state index contributed by atoms with van der Waals surface area (Å²) in [6.07, 6.45) is 3.19. The Morgan fingerprint density at radius 2 is 1.85 bits per heavy atom. The molecule has 0 saturated carbocycles. The number of furan rings is 1. The van der Waals surface area contributed by atoms with Crippen molar-refractivity contribution in [2.24, 2.45) is 0 Å². The molecule has 0 bridgehead atoms. The lowest BCUT2D eigenvalue weighted by Crippen LogP contribution is -2.15. The summed E-state index contributed by atoms with van der Waals surface area (Å²) in [4.78, 5) is 16.9. The maximum absolute atomic E-state index is 12.6. The van der Waals surface area contributed by atoms with Crippen LogP contribution >= 0.6 is 0 Å². The van der Waals surface area contributed by atoms with E-state index >= 15 is 0 Å². The molecule has 1 amide bonds. The van der Waals surface area contributed by atoms with Crippen LogP contribution in [-0.2, 0) is 6.54 Å². The monoisotopic (exact) mass is 353 g/mol. The average Bonchev–Trinajstić information content (AvgIpc) is 3.20. The van der Waals surface area contributed by atoms with Gasteiger partial charge in [0.15, 0.2) is 0 Å². The maximum atomic E-state index is 12.6. The van der Waals surface area contributed by atoms with E-state index in [0.29, 0.717) is 35.1 Å². The number of hydrogen-bond donors (Lipinski definition) is 2. The number of ether oxygens (including phenoxy) is 2. The normalized spacial score (nSPS) is 10.2. The third-order valence-electron chi connectivity index (χ3n) is 3.70. The number of aromatic nitrogens is 1.